The van der Waals surface area contributed by atoms with Crippen LogP contribution in [0.4, 0.5) is 4.79 Å². The highest BCUT2D eigenvalue weighted by Crippen LogP contribution is 2.33. The van der Waals surface area contributed by atoms with Crippen LogP contribution in [0.15, 0.2) is 66.7 Å². The zero-order valence-corrected chi connectivity index (χ0v) is 18.9. The lowest BCUT2D eigenvalue weighted by Crippen LogP contribution is -2.08. The second-order valence-corrected chi connectivity index (χ2v) is 7.80. The SMILES string of the molecule is CCCOc1nc2cccc(OC(=O)O)c2n1Cc1ccc(-c2ccccc2-c2nn[nH]n2)cc1. The summed E-state index contributed by atoms with van der Waals surface area (Å²) in [6, 6.07) is 21.5. The maximum absolute atomic E-state index is 11.2. The van der Waals surface area contributed by atoms with E-state index in [0.717, 1.165) is 28.7 Å². The van der Waals surface area contributed by atoms with Crippen molar-refractivity contribution in [2.45, 2.75) is 19.9 Å². The normalized spacial score (nSPS) is 11.0. The minimum Gasteiger partial charge on any atom is -0.465 e. The van der Waals surface area contributed by atoms with Crippen molar-refractivity contribution in [1.29, 1.82) is 0 Å². The molecule has 0 atom stereocenters. The molecule has 35 heavy (non-hydrogen) atoms. The Bertz CT molecular complexity index is 1460. The summed E-state index contributed by atoms with van der Waals surface area (Å²) in [5, 5.41) is 23.6. The lowest BCUT2D eigenvalue weighted by atomic mass is 9.98. The lowest BCUT2D eigenvalue weighted by Gasteiger charge is -2.12. The van der Waals surface area contributed by atoms with Crippen LogP contribution in [0.25, 0.3) is 33.5 Å². The predicted molar refractivity (Wildman–Crippen MR) is 128 cm³/mol. The number of carbonyl (C=O) groups is 1. The molecule has 5 rings (SSSR count). The number of benzene rings is 3. The van der Waals surface area contributed by atoms with E-state index in [1.54, 1.807) is 18.2 Å². The summed E-state index contributed by atoms with van der Waals surface area (Å²) in [5.74, 6) is 0.734. The molecule has 0 amide bonds. The highest BCUT2D eigenvalue weighted by molar-refractivity contribution is 5.85. The fraction of sp³-hybridized carbons (Fsp3) is 0.160. The maximum atomic E-state index is 11.2. The summed E-state index contributed by atoms with van der Waals surface area (Å²) < 4.78 is 12.7. The van der Waals surface area contributed by atoms with E-state index < -0.39 is 6.16 Å². The zero-order valence-electron chi connectivity index (χ0n) is 18.9. The van der Waals surface area contributed by atoms with E-state index in [4.69, 9.17) is 9.47 Å². The molecular formula is C25H22N6O4. The van der Waals surface area contributed by atoms with Crippen LogP contribution in [0.1, 0.15) is 18.9 Å². The summed E-state index contributed by atoms with van der Waals surface area (Å²) >= 11 is 0. The largest absolute Gasteiger partial charge is 0.511 e. The number of fused-ring (bicyclic) bond motifs is 1. The third-order valence-corrected chi connectivity index (χ3v) is 5.45. The van der Waals surface area contributed by atoms with E-state index in [0.29, 0.717) is 36.0 Å². The molecule has 2 N–H and O–H groups in total. The molecule has 176 valence electrons. The maximum Gasteiger partial charge on any atom is 0.511 e. The Morgan fingerprint density at radius 1 is 1.03 bits per heavy atom. The van der Waals surface area contributed by atoms with Crippen LogP contribution in [0.2, 0.25) is 0 Å². The van der Waals surface area contributed by atoms with Gasteiger partial charge in [0.2, 0.25) is 5.82 Å². The van der Waals surface area contributed by atoms with Crippen LogP contribution in [0.3, 0.4) is 0 Å². The molecule has 2 aromatic heterocycles. The second kappa shape index (κ2) is 9.64. The molecule has 0 radical (unpaired) electrons. The number of para-hydroxylation sites is 1. The van der Waals surface area contributed by atoms with Gasteiger partial charge in [0.05, 0.1) is 18.7 Å². The molecule has 3 aromatic carbocycles. The first-order valence-corrected chi connectivity index (χ1v) is 11.1. The summed E-state index contributed by atoms with van der Waals surface area (Å²) in [6.07, 6.45) is -0.568. The number of hydrogen-bond donors (Lipinski definition) is 2. The molecular weight excluding hydrogens is 448 g/mol. The van der Waals surface area contributed by atoms with Gasteiger partial charge in [0.15, 0.2) is 5.75 Å². The summed E-state index contributed by atoms with van der Waals surface area (Å²) in [6.45, 7) is 2.92. The highest BCUT2D eigenvalue weighted by atomic mass is 16.7. The number of aromatic nitrogens is 6. The van der Waals surface area contributed by atoms with E-state index in [1.807, 2.05) is 60.0 Å². The third kappa shape index (κ3) is 4.54. The molecule has 0 saturated carbocycles. The van der Waals surface area contributed by atoms with Crippen molar-refractivity contribution in [2.75, 3.05) is 6.61 Å². The molecule has 0 aliphatic rings. The van der Waals surface area contributed by atoms with E-state index in [2.05, 4.69) is 25.6 Å². The number of hydrogen-bond acceptors (Lipinski definition) is 7. The molecule has 0 spiro atoms. The first-order chi connectivity index (χ1) is 17.1. The molecule has 0 saturated heterocycles. The number of tetrazole rings is 1. The Kier molecular flexibility index (Phi) is 6.08. The van der Waals surface area contributed by atoms with E-state index in [9.17, 15) is 9.90 Å². The summed E-state index contributed by atoms with van der Waals surface area (Å²) in [7, 11) is 0. The van der Waals surface area contributed by atoms with Gasteiger partial charge in [0.25, 0.3) is 6.01 Å². The average Bonchev–Trinajstić information content (AvgIpc) is 3.52. The Balaban J connectivity index is 1.51. The van der Waals surface area contributed by atoms with Gasteiger partial charge >= 0.3 is 6.16 Å². The van der Waals surface area contributed by atoms with Crippen LogP contribution in [0.5, 0.6) is 11.8 Å². The van der Waals surface area contributed by atoms with Gasteiger partial charge in [-0.15, -0.1) is 10.2 Å². The van der Waals surface area contributed by atoms with Crippen LogP contribution in [-0.4, -0.2) is 48.0 Å². The molecule has 10 nitrogen and oxygen atoms in total. The molecule has 0 aliphatic carbocycles. The first-order valence-electron chi connectivity index (χ1n) is 11.1. The fourth-order valence-corrected chi connectivity index (χ4v) is 3.94. The van der Waals surface area contributed by atoms with Crippen molar-refractivity contribution in [3.8, 4) is 34.3 Å². The van der Waals surface area contributed by atoms with Crippen molar-refractivity contribution in [2.24, 2.45) is 0 Å². The molecule has 0 aliphatic heterocycles. The fourth-order valence-electron chi connectivity index (χ4n) is 3.94. The molecule has 10 heteroatoms. The zero-order chi connectivity index (χ0) is 24.2. The first kappa shape index (κ1) is 22.1. The van der Waals surface area contributed by atoms with Crippen molar-refractivity contribution in [3.05, 3.63) is 72.3 Å². The topological polar surface area (TPSA) is 128 Å². The molecule has 0 bridgehead atoms. The molecule has 2 heterocycles. The van der Waals surface area contributed by atoms with Gasteiger partial charge in [-0.05, 0) is 40.5 Å². The Hall–Kier alpha value is -4.73. The third-order valence-electron chi connectivity index (χ3n) is 5.45. The van der Waals surface area contributed by atoms with Gasteiger partial charge in [-0.3, -0.25) is 4.57 Å². The van der Waals surface area contributed by atoms with E-state index in [-0.39, 0.29) is 5.75 Å². The van der Waals surface area contributed by atoms with Crippen molar-refractivity contribution >= 4 is 17.2 Å². The number of carboxylic acid groups (broad SMARTS) is 1. The minimum absolute atomic E-state index is 0.208. The van der Waals surface area contributed by atoms with Gasteiger partial charge in [0, 0.05) is 5.56 Å². The lowest BCUT2D eigenvalue weighted by molar-refractivity contribution is 0.145. The number of ether oxygens (including phenoxy) is 2. The summed E-state index contributed by atoms with van der Waals surface area (Å²) in [4.78, 5) is 15.8. The Morgan fingerprint density at radius 3 is 2.54 bits per heavy atom. The monoisotopic (exact) mass is 470 g/mol. The van der Waals surface area contributed by atoms with Crippen LogP contribution >= 0.6 is 0 Å². The van der Waals surface area contributed by atoms with Gasteiger partial charge in [-0.1, -0.05) is 61.5 Å². The van der Waals surface area contributed by atoms with Crippen LogP contribution < -0.4 is 9.47 Å². The Labute approximate surface area is 200 Å². The van der Waals surface area contributed by atoms with Gasteiger partial charge in [-0.2, -0.15) is 10.2 Å². The highest BCUT2D eigenvalue weighted by Gasteiger charge is 2.18. The van der Waals surface area contributed by atoms with E-state index in [1.165, 1.54) is 0 Å². The quantitative estimate of drug-likeness (QED) is 0.245. The van der Waals surface area contributed by atoms with Crippen molar-refractivity contribution < 1.29 is 19.4 Å². The standard InChI is InChI=1S/C25H22N6O4/c1-2-14-34-24-26-20-8-5-9-21(35-25(32)33)22(20)31(24)15-16-10-12-17(13-11-16)18-6-3-4-7-19(18)23-27-29-30-28-23/h3-13H,2,14-15H2,1H3,(H,32,33)(H,27,28,29,30). The van der Waals surface area contributed by atoms with Crippen molar-refractivity contribution in [1.82, 2.24) is 30.2 Å². The molecule has 5 aromatic rings. The summed E-state index contributed by atoms with van der Waals surface area (Å²) in [5.41, 5.74) is 5.00. The number of nitrogens with zero attached hydrogens (tertiary/aromatic N) is 5. The van der Waals surface area contributed by atoms with Gasteiger partial charge in [-0.25, -0.2) is 4.79 Å². The predicted octanol–water partition coefficient (Wildman–Crippen LogP) is 4.78. The minimum atomic E-state index is -1.38. The van der Waals surface area contributed by atoms with E-state index >= 15 is 0 Å². The van der Waals surface area contributed by atoms with Crippen LogP contribution in [-0.2, 0) is 6.54 Å². The van der Waals surface area contributed by atoms with Gasteiger partial charge < -0.3 is 14.6 Å². The number of H-pyrrole nitrogens is 1. The number of nitrogens with one attached hydrogen (secondary N) is 1. The number of rotatable bonds is 8. The Morgan fingerprint density at radius 2 is 1.83 bits per heavy atom. The van der Waals surface area contributed by atoms with Crippen LogP contribution in [0, 0.1) is 0 Å². The number of imidazole rings is 1. The van der Waals surface area contributed by atoms with Gasteiger partial charge in [0.1, 0.15) is 5.52 Å². The molecule has 0 unspecified atom stereocenters. The second-order valence-electron chi connectivity index (χ2n) is 7.80. The average molecular weight is 470 g/mol. The number of aromatic amines is 1. The van der Waals surface area contributed by atoms with Crippen molar-refractivity contribution in [3.63, 3.8) is 0 Å². The smallest absolute Gasteiger partial charge is 0.465 e. The molecule has 0 fully saturated rings.